The highest BCUT2D eigenvalue weighted by Gasteiger charge is 2.15. The first-order valence-corrected chi connectivity index (χ1v) is 7.00. The Bertz CT molecular complexity index is 736. The van der Waals surface area contributed by atoms with Crippen LogP contribution in [0.4, 0.5) is 5.69 Å². The van der Waals surface area contributed by atoms with Gasteiger partial charge in [0.2, 0.25) is 0 Å². The van der Waals surface area contributed by atoms with E-state index >= 15 is 0 Å². The van der Waals surface area contributed by atoms with Crippen molar-refractivity contribution >= 4 is 27.5 Å². The Kier molecular flexibility index (Phi) is 4.61. The van der Waals surface area contributed by atoms with E-state index < -0.39 is 0 Å². The number of aryl methyl sites for hydroxylation is 1. The molecule has 0 saturated carbocycles. The lowest BCUT2D eigenvalue weighted by atomic mass is 10.1. The Balaban J connectivity index is 2.38. The summed E-state index contributed by atoms with van der Waals surface area (Å²) in [6.45, 7) is 1.85. The Labute approximate surface area is 131 Å². The largest absolute Gasteiger partial charge is 0.495 e. The van der Waals surface area contributed by atoms with E-state index in [-0.39, 0.29) is 5.91 Å². The van der Waals surface area contributed by atoms with Gasteiger partial charge in [-0.15, -0.1) is 0 Å². The second-order valence-electron chi connectivity index (χ2n) is 4.41. The van der Waals surface area contributed by atoms with Gasteiger partial charge in [0.05, 0.1) is 12.7 Å². The van der Waals surface area contributed by atoms with Crippen LogP contribution in [0.2, 0.25) is 0 Å². The number of nitrogens with zero attached hydrogens (tertiary/aromatic N) is 1. The average molecular weight is 345 g/mol. The summed E-state index contributed by atoms with van der Waals surface area (Å²) in [5.41, 5.74) is 2.13. The number of rotatable bonds is 3. The molecule has 2 aromatic rings. The lowest BCUT2D eigenvalue weighted by molar-refractivity contribution is 0.102. The molecule has 0 fully saturated rings. The number of methoxy groups -OCH3 is 1. The summed E-state index contributed by atoms with van der Waals surface area (Å²) in [7, 11) is 1.50. The molecule has 106 valence electrons. The minimum absolute atomic E-state index is 0.277. The maximum absolute atomic E-state index is 12.4. The first kappa shape index (κ1) is 15.1. The van der Waals surface area contributed by atoms with E-state index in [9.17, 15) is 4.79 Å². The minimum atomic E-state index is -0.277. The standard InChI is InChI=1S/C16H13BrN2O2/c1-10-8-12(17)6-7-13(10)16(20)19-15-11(9-18)4-3-5-14(15)21-2/h3-8H,1-2H3,(H,19,20). The number of para-hydroxylation sites is 1. The molecular weight excluding hydrogens is 332 g/mol. The van der Waals surface area contributed by atoms with Crippen molar-refractivity contribution in [3.8, 4) is 11.8 Å². The van der Waals surface area contributed by atoms with Crippen molar-refractivity contribution in [2.24, 2.45) is 0 Å². The smallest absolute Gasteiger partial charge is 0.256 e. The van der Waals surface area contributed by atoms with Crippen LogP contribution in [0, 0.1) is 18.3 Å². The topological polar surface area (TPSA) is 62.1 Å². The zero-order chi connectivity index (χ0) is 15.4. The maximum atomic E-state index is 12.4. The number of nitriles is 1. The van der Waals surface area contributed by atoms with Crippen LogP contribution in [0.25, 0.3) is 0 Å². The number of ether oxygens (including phenoxy) is 1. The molecule has 0 aliphatic heterocycles. The van der Waals surface area contributed by atoms with Crippen LogP contribution in [0.3, 0.4) is 0 Å². The van der Waals surface area contributed by atoms with Crippen molar-refractivity contribution in [3.63, 3.8) is 0 Å². The number of anilines is 1. The molecule has 0 unspecified atom stereocenters. The summed E-state index contributed by atoms with van der Waals surface area (Å²) in [5.74, 6) is 0.179. The second-order valence-corrected chi connectivity index (χ2v) is 5.32. The van der Waals surface area contributed by atoms with Crippen LogP contribution in [0.1, 0.15) is 21.5 Å². The molecule has 0 saturated heterocycles. The van der Waals surface area contributed by atoms with Crippen molar-refractivity contribution in [1.29, 1.82) is 5.26 Å². The van der Waals surface area contributed by atoms with E-state index in [1.54, 1.807) is 30.3 Å². The van der Waals surface area contributed by atoms with E-state index in [2.05, 4.69) is 21.2 Å². The fourth-order valence-electron chi connectivity index (χ4n) is 1.99. The van der Waals surface area contributed by atoms with E-state index in [0.717, 1.165) is 10.0 Å². The molecule has 0 atom stereocenters. The van der Waals surface area contributed by atoms with Gasteiger partial charge >= 0.3 is 0 Å². The molecular formula is C16H13BrN2O2. The van der Waals surface area contributed by atoms with Crippen LogP contribution < -0.4 is 10.1 Å². The zero-order valence-corrected chi connectivity index (χ0v) is 13.2. The van der Waals surface area contributed by atoms with Crippen LogP contribution in [-0.2, 0) is 0 Å². The van der Waals surface area contributed by atoms with Gasteiger partial charge in [-0.2, -0.15) is 5.26 Å². The first-order chi connectivity index (χ1) is 10.1. The van der Waals surface area contributed by atoms with E-state index in [4.69, 9.17) is 10.00 Å². The molecule has 21 heavy (non-hydrogen) atoms. The molecule has 0 aliphatic carbocycles. The van der Waals surface area contributed by atoms with Gasteiger partial charge in [0.1, 0.15) is 17.5 Å². The molecule has 1 amide bonds. The molecule has 0 aliphatic rings. The fourth-order valence-corrected chi connectivity index (χ4v) is 2.46. The van der Waals surface area contributed by atoms with Gasteiger partial charge in [-0.1, -0.05) is 22.0 Å². The molecule has 5 heteroatoms. The number of amides is 1. The number of carbonyl (C=O) groups is 1. The van der Waals surface area contributed by atoms with E-state index in [1.165, 1.54) is 7.11 Å². The summed E-state index contributed by atoms with van der Waals surface area (Å²) in [5, 5.41) is 11.9. The van der Waals surface area contributed by atoms with Crippen molar-refractivity contribution < 1.29 is 9.53 Å². The van der Waals surface area contributed by atoms with Gasteiger partial charge in [0.15, 0.2) is 0 Å². The normalized spacial score (nSPS) is 9.81. The van der Waals surface area contributed by atoms with Gasteiger partial charge < -0.3 is 10.1 Å². The van der Waals surface area contributed by atoms with Crippen molar-refractivity contribution in [1.82, 2.24) is 0 Å². The number of benzene rings is 2. The predicted octanol–water partition coefficient (Wildman–Crippen LogP) is 3.89. The highest BCUT2D eigenvalue weighted by Crippen LogP contribution is 2.28. The third kappa shape index (κ3) is 3.23. The molecule has 0 bridgehead atoms. The molecule has 2 aromatic carbocycles. The number of hydrogen-bond acceptors (Lipinski definition) is 3. The number of halogens is 1. The molecule has 0 spiro atoms. The van der Waals surface area contributed by atoms with Crippen LogP contribution in [0.15, 0.2) is 40.9 Å². The summed E-state index contributed by atoms with van der Waals surface area (Å²) >= 11 is 3.36. The molecule has 1 N–H and O–H groups in total. The van der Waals surface area contributed by atoms with Crippen LogP contribution in [-0.4, -0.2) is 13.0 Å². The summed E-state index contributed by atoms with van der Waals surface area (Å²) < 4.78 is 6.11. The van der Waals surface area contributed by atoms with Gasteiger partial charge in [-0.3, -0.25) is 4.79 Å². The molecule has 2 rings (SSSR count). The maximum Gasteiger partial charge on any atom is 0.256 e. The quantitative estimate of drug-likeness (QED) is 0.918. The number of hydrogen-bond donors (Lipinski definition) is 1. The molecule has 0 radical (unpaired) electrons. The summed E-state index contributed by atoms with van der Waals surface area (Å²) in [6.07, 6.45) is 0. The molecule has 0 aromatic heterocycles. The lowest BCUT2D eigenvalue weighted by Crippen LogP contribution is -2.15. The van der Waals surface area contributed by atoms with Crippen LogP contribution >= 0.6 is 15.9 Å². The third-order valence-corrected chi connectivity index (χ3v) is 3.53. The van der Waals surface area contributed by atoms with Crippen molar-refractivity contribution in [2.45, 2.75) is 6.92 Å². The van der Waals surface area contributed by atoms with Gasteiger partial charge in [-0.25, -0.2) is 0 Å². The fraction of sp³-hybridized carbons (Fsp3) is 0.125. The zero-order valence-electron chi connectivity index (χ0n) is 11.6. The Morgan fingerprint density at radius 2 is 2.10 bits per heavy atom. The van der Waals surface area contributed by atoms with Crippen molar-refractivity contribution in [3.05, 3.63) is 57.6 Å². The Morgan fingerprint density at radius 1 is 1.33 bits per heavy atom. The monoisotopic (exact) mass is 344 g/mol. The average Bonchev–Trinajstić information content (AvgIpc) is 2.47. The molecule has 4 nitrogen and oxygen atoms in total. The lowest BCUT2D eigenvalue weighted by Gasteiger charge is -2.12. The second kappa shape index (κ2) is 6.42. The Morgan fingerprint density at radius 3 is 2.71 bits per heavy atom. The summed E-state index contributed by atoms with van der Waals surface area (Å²) in [6, 6.07) is 12.5. The Hall–Kier alpha value is -2.32. The van der Waals surface area contributed by atoms with Gasteiger partial charge in [0, 0.05) is 10.0 Å². The van der Waals surface area contributed by atoms with Crippen molar-refractivity contribution in [2.75, 3.05) is 12.4 Å². The third-order valence-electron chi connectivity index (χ3n) is 3.04. The highest BCUT2D eigenvalue weighted by molar-refractivity contribution is 9.10. The van der Waals surface area contributed by atoms with Crippen LogP contribution in [0.5, 0.6) is 5.75 Å². The highest BCUT2D eigenvalue weighted by atomic mass is 79.9. The first-order valence-electron chi connectivity index (χ1n) is 6.21. The van der Waals surface area contributed by atoms with E-state index in [0.29, 0.717) is 22.6 Å². The minimum Gasteiger partial charge on any atom is -0.495 e. The van der Waals surface area contributed by atoms with Gasteiger partial charge in [-0.05, 0) is 42.8 Å². The molecule has 0 heterocycles. The summed E-state index contributed by atoms with van der Waals surface area (Å²) in [4.78, 5) is 12.4. The van der Waals surface area contributed by atoms with Gasteiger partial charge in [0.25, 0.3) is 5.91 Å². The van der Waals surface area contributed by atoms with E-state index in [1.807, 2.05) is 19.1 Å². The predicted molar refractivity (Wildman–Crippen MR) is 84.5 cm³/mol. The number of nitrogens with one attached hydrogen (secondary N) is 1. The number of carbonyl (C=O) groups excluding carboxylic acids is 1. The SMILES string of the molecule is COc1cccc(C#N)c1NC(=O)c1ccc(Br)cc1C.